The first-order valence-electron chi connectivity index (χ1n) is 5.47. The number of hydrogen-bond donors (Lipinski definition) is 1. The zero-order valence-corrected chi connectivity index (χ0v) is 12.4. The van der Waals surface area contributed by atoms with Crippen LogP contribution in [0.2, 0.25) is 0 Å². The molecule has 0 spiro atoms. The van der Waals surface area contributed by atoms with E-state index in [0.717, 1.165) is 10.0 Å². The quantitative estimate of drug-likeness (QED) is 0.843. The molecule has 18 heavy (non-hydrogen) atoms. The monoisotopic (exact) mass is 331 g/mol. The number of fused-ring (bicyclic) bond motifs is 1. The summed E-state index contributed by atoms with van der Waals surface area (Å²) in [6, 6.07) is 6.67. The van der Waals surface area contributed by atoms with Gasteiger partial charge in [0.25, 0.3) is 0 Å². The molecule has 0 aliphatic carbocycles. The first-order valence-corrected chi connectivity index (χ1v) is 8.49. The van der Waals surface area contributed by atoms with E-state index in [0.29, 0.717) is 11.8 Å². The third-order valence-electron chi connectivity index (χ3n) is 2.68. The summed E-state index contributed by atoms with van der Waals surface area (Å²) in [7, 11) is 0. The van der Waals surface area contributed by atoms with Gasteiger partial charge in [0.15, 0.2) is 0 Å². The van der Waals surface area contributed by atoms with Crippen molar-refractivity contribution in [3.8, 4) is 0 Å². The number of carboxylic acids is 1. The summed E-state index contributed by atoms with van der Waals surface area (Å²) in [6.07, 6.45) is 2.43. The van der Waals surface area contributed by atoms with E-state index in [4.69, 9.17) is 0 Å². The molecule has 0 radical (unpaired) electrons. The van der Waals surface area contributed by atoms with Crippen molar-refractivity contribution >= 4 is 42.1 Å². The molecule has 2 rings (SSSR count). The van der Waals surface area contributed by atoms with Crippen LogP contribution in [0.15, 0.2) is 29.1 Å². The van der Waals surface area contributed by atoms with Crippen molar-refractivity contribution in [2.75, 3.05) is 12.0 Å². The van der Waals surface area contributed by atoms with Crippen LogP contribution >= 0.6 is 11.8 Å². The van der Waals surface area contributed by atoms with E-state index in [1.807, 2.05) is 24.5 Å². The van der Waals surface area contributed by atoms with Gasteiger partial charge in [0.1, 0.15) is 0 Å². The standard InChI is InChI=1S/C12H13NO3SSe/c1-17-7-6-9(12(15)16)13-11(14)8-4-2-3-5-10(8)18-13/h2-5,9H,6-7H2,1H3,(H,15,16). The average Bonchev–Trinajstić information content (AvgIpc) is 2.68. The first-order chi connectivity index (χ1) is 8.65. The van der Waals surface area contributed by atoms with Crippen molar-refractivity contribution < 1.29 is 9.90 Å². The summed E-state index contributed by atoms with van der Waals surface area (Å²) in [6.45, 7) is 0. The van der Waals surface area contributed by atoms with Gasteiger partial charge < -0.3 is 0 Å². The Labute approximate surface area is 115 Å². The number of nitrogens with zero attached hydrogens (tertiary/aromatic N) is 1. The Kier molecular flexibility index (Phi) is 4.32. The number of benzene rings is 1. The molecular weight excluding hydrogens is 317 g/mol. The van der Waals surface area contributed by atoms with E-state index >= 15 is 0 Å². The number of thioether (sulfide) groups is 1. The second kappa shape index (κ2) is 5.78. The number of carbonyl (C=O) groups is 1. The summed E-state index contributed by atoms with van der Waals surface area (Å²) in [5, 5.41) is 9.92. The zero-order chi connectivity index (χ0) is 13.1. The van der Waals surface area contributed by atoms with Crippen molar-refractivity contribution in [2.45, 2.75) is 12.5 Å². The third-order valence-corrected chi connectivity index (χ3v) is 5.78. The molecule has 0 saturated carbocycles. The van der Waals surface area contributed by atoms with E-state index in [1.165, 1.54) is 3.56 Å². The Bertz CT molecular complexity index is 619. The molecule has 6 heteroatoms. The summed E-state index contributed by atoms with van der Waals surface area (Å²) in [5.41, 5.74) is -0.140. The van der Waals surface area contributed by atoms with Crippen LogP contribution in [-0.2, 0) is 4.79 Å². The second-order valence-corrected chi connectivity index (χ2v) is 6.97. The molecule has 0 aliphatic rings. The van der Waals surface area contributed by atoms with E-state index < -0.39 is 12.0 Å². The van der Waals surface area contributed by atoms with Crippen LogP contribution in [0, 0.1) is 0 Å². The SMILES string of the molecule is CSCCC(C(=O)O)n1[se]c2ccccc2c1=O. The molecule has 0 amide bonds. The zero-order valence-electron chi connectivity index (χ0n) is 9.83. The van der Waals surface area contributed by atoms with Gasteiger partial charge in [-0.25, -0.2) is 0 Å². The van der Waals surface area contributed by atoms with Crippen molar-refractivity contribution in [1.82, 2.24) is 3.56 Å². The first kappa shape index (κ1) is 13.5. The van der Waals surface area contributed by atoms with Gasteiger partial charge in [-0.05, 0) is 0 Å². The molecule has 2 aromatic rings. The molecule has 1 heterocycles. The fourth-order valence-electron chi connectivity index (χ4n) is 1.76. The van der Waals surface area contributed by atoms with Gasteiger partial charge >= 0.3 is 115 Å². The van der Waals surface area contributed by atoms with Gasteiger partial charge in [0, 0.05) is 0 Å². The van der Waals surface area contributed by atoms with Crippen LogP contribution in [0.3, 0.4) is 0 Å². The van der Waals surface area contributed by atoms with Gasteiger partial charge in [-0.1, -0.05) is 0 Å². The maximum atomic E-state index is 12.2. The van der Waals surface area contributed by atoms with E-state index in [1.54, 1.807) is 17.8 Å². The summed E-state index contributed by atoms with van der Waals surface area (Å²) in [4.78, 5) is 23.5. The Balaban J connectivity index is 2.47. The Morgan fingerprint density at radius 1 is 1.50 bits per heavy atom. The number of aliphatic carboxylic acids is 1. The van der Waals surface area contributed by atoms with Crippen molar-refractivity contribution in [1.29, 1.82) is 0 Å². The second-order valence-electron chi connectivity index (χ2n) is 3.85. The fraction of sp³-hybridized carbons (Fsp3) is 0.333. The van der Waals surface area contributed by atoms with Gasteiger partial charge in [-0.2, -0.15) is 0 Å². The van der Waals surface area contributed by atoms with E-state index in [2.05, 4.69) is 0 Å². The van der Waals surface area contributed by atoms with E-state index in [9.17, 15) is 14.7 Å². The van der Waals surface area contributed by atoms with E-state index in [-0.39, 0.29) is 20.3 Å². The number of aromatic nitrogens is 1. The van der Waals surface area contributed by atoms with Crippen molar-refractivity contribution in [2.24, 2.45) is 0 Å². The van der Waals surface area contributed by atoms with Crippen molar-refractivity contribution in [3.63, 3.8) is 0 Å². The molecule has 0 fully saturated rings. The summed E-state index contributed by atoms with van der Waals surface area (Å²) >= 11 is 1.38. The maximum absolute atomic E-state index is 12.2. The minimum absolute atomic E-state index is 0.140. The molecular formula is C12H13NO3SSe. The Morgan fingerprint density at radius 2 is 2.22 bits per heavy atom. The molecule has 0 bridgehead atoms. The number of carboxylic acid groups (broad SMARTS) is 1. The Morgan fingerprint density at radius 3 is 2.83 bits per heavy atom. The van der Waals surface area contributed by atoms with Gasteiger partial charge in [0.2, 0.25) is 0 Å². The minimum atomic E-state index is -0.910. The predicted molar refractivity (Wildman–Crippen MR) is 74.8 cm³/mol. The molecule has 1 aromatic heterocycles. The topological polar surface area (TPSA) is 59.3 Å². The molecule has 0 saturated heterocycles. The van der Waals surface area contributed by atoms with Crippen LogP contribution in [0.5, 0.6) is 0 Å². The number of hydrogen-bond acceptors (Lipinski definition) is 3. The van der Waals surface area contributed by atoms with Crippen LogP contribution in [0.25, 0.3) is 9.65 Å². The van der Waals surface area contributed by atoms with Crippen LogP contribution in [0.1, 0.15) is 12.5 Å². The van der Waals surface area contributed by atoms with Crippen LogP contribution < -0.4 is 5.56 Å². The van der Waals surface area contributed by atoms with Crippen LogP contribution in [0.4, 0.5) is 0 Å². The number of rotatable bonds is 5. The van der Waals surface area contributed by atoms with Crippen LogP contribution in [-0.4, -0.2) is 41.4 Å². The summed E-state index contributed by atoms with van der Waals surface area (Å²) in [5.74, 6) is -0.167. The normalized spacial score (nSPS) is 12.7. The molecule has 4 nitrogen and oxygen atoms in total. The van der Waals surface area contributed by atoms with Gasteiger partial charge in [0.05, 0.1) is 0 Å². The van der Waals surface area contributed by atoms with Crippen molar-refractivity contribution in [3.05, 3.63) is 34.6 Å². The molecule has 1 unspecified atom stereocenters. The summed E-state index contributed by atoms with van der Waals surface area (Å²) < 4.78 is 2.50. The fourth-order valence-corrected chi connectivity index (χ4v) is 4.55. The van der Waals surface area contributed by atoms with Gasteiger partial charge in [-0.15, -0.1) is 0 Å². The molecule has 1 aromatic carbocycles. The molecule has 1 N–H and O–H groups in total. The average molecular weight is 330 g/mol. The third kappa shape index (κ3) is 2.55. The molecule has 1 atom stereocenters. The molecule has 0 aliphatic heterocycles. The molecule has 96 valence electrons. The Hall–Kier alpha value is -0.971. The predicted octanol–water partition coefficient (Wildman–Crippen LogP) is 1.44. The van der Waals surface area contributed by atoms with Gasteiger partial charge in [-0.3, -0.25) is 0 Å².